The van der Waals surface area contributed by atoms with E-state index in [2.05, 4.69) is 9.68 Å². The van der Waals surface area contributed by atoms with Gasteiger partial charge in [0.25, 0.3) is 23.6 Å². The summed E-state index contributed by atoms with van der Waals surface area (Å²) in [6, 6.07) is 0. The summed E-state index contributed by atoms with van der Waals surface area (Å²) < 4.78 is 96.9. The Morgan fingerprint density at radius 3 is 1.67 bits per heavy atom. The fourth-order valence-corrected chi connectivity index (χ4v) is 5.02. The number of amides is 4. The Morgan fingerprint density at radius 1 is 0.861 bits per heavy atom. The van der Waals surface area contributed by atoms with Gasteiger partial charge in [0.1, 0.15) is 30.7 Å². The van der Waals surface area contributed by atoms with Crippen molar-refractivity contribution in [3.05, 3.63) is 0 Å². The van der Waals surface area contributed by atoms with Crippen LogP contribution in [-0.2, 0) is 58.7 Å². The summed E-state index contributed by atoms with van der Waals surface area (Å²) in [5.74, 6) is -9.87. The monoisotopic (exact) mass is 612 g/mol. The Balaban J connectivity index is 0.00000760. The Bertz CT molecular complexity index is 1300. The van der Waals surface area contributed by atoms with Crippen LogP contribution < -0.4 is 59.1 Å². The van der Waals surface area contributed by atoms with Gasteiger partial charge in [-0.15, -0.1) is 10.1 Å². The molecule has 22 heteroatoms. The smallest absolute Gasteiger partial charge is 0.747 e. The molecule has 2 saturated heterocycles. The summed E-state index contributed by atoms with van der Waals surface area (Å²) in [4.78, 5) is 79.7. The Hall–Kier alpha value is -0.260. The summed E-state index contributed by atoms with van der Waals surface area (Å²) in [6.45, 7) is 0. The van der Waals surface area contributed by atoms with Crippen LogP contribution in [0, 0.1) is 0 Å². The van der Waals surface area contributed by atoms with Gasteiger partial charge in [-0.3, -0.25) is 19.2 Å². The second kappa shape index (κ2) is 14.8. The van der Waals surface area contributed by atoms with E-state index in [1.165, 1.54) is 0 Å². The number of carbonyl (C=O) groups excluding carboxylic acids is 6. The van der Waals surface area contributed by atoms with Crippen molar-refractivity contribution < 1.29 is 129 Å². The summed E-state index contributed by atoms with van der Waals surface area (Å²) in [7, 11) is -10.0. The third-order valence-electron chi connectivity index (χ3n) is 3.83. The third-order valence-corrected chi connectivity index (χ3v) is 7.74. The van der Waals surface area contributed by atoms with E-state index in [1.807, 2.05) is 0 Å². The van der Waals surface area contributed by atoms with Gasteiger partial charge < -0.3 is 18.8 Å². The molecule has 0 aromatic rings. The number of imide groups is 2. The van der Waals surface area contributed by atoms with E-state index < -0.39 is 103 Å². The first-order valence-corrected chi connectivity index (χ1v) is 13.7. The van der Waals surface area contributed by atoms with Crippen molar-refractivity contribution in [3.8, 4) is 0 Å². The topological polar surface area (TPSA) is 242 Å². The zero-order valence-electron chi connectivity index (χ0n) is 22.2. The van der Waals surface area contributed by atoms with Crippen LogP contribution in [0.4, 0.5) is 0 Å². The molecule has 2 aliphatic heterocycles. The molecule has 0 bridgehead atoms. The fourth-order valence-electron chi connectivity index (χ4n) is 2.32. The minimum Gasteiger partial charge on any atom is -0.747 e. The van der Waals surface area contributed by atoms with Crippen molar-refractivity contribution in [1.29, 1.82) is 0 Å². The number of hydrogen-bond acceptors (Lipinski definition) is 16. The van der Waals surface area contributed by atoms with Gasteiger partial charge in [0, 0.05) is 16.9 Å². The summed E-state index contributed by atoms with van der Waals surface area (Å²) in [6.07, 6.45) is -6.45. The minimum absolute atomic E-state index is 0. The maximum atomic E-state index is 12.2. The molecule has 0 aromatic carbocycles. The molecule has 0 aromatic heterocycles. The Morgan fingerprint density at radius 2 is 1.28 bits per heavy atom. The van der Waals surface area contributed by atoms with Crippen molar-refractivity contribution >= 4 is 77.4 Å². The molecule has 2 unspecified atom stereocenters. The van der Waals surface area contributed by atoms with Gasteiger partial charge >= 0.3 is 71.1 Å². The number of hydrogen-bond donors (Lipinski definition) is 0. The van der Waals surface area contributed by atoms with Crippen LogP contribution >= 0.6 is 21.6 Å². The molecule has 190 valence electrons. The molecule has 36 heavy (non-hydrogen) atoms. The van der Waals surface area contributed by atoms with Gasteiger partial charge in [-0.05, 0) is 0 Å². The second-order valence-corrected chi connectivity index (χ2v) is 11.5. The standard InChI is InChI=1S/C14H16N2O14S4.2Na/c17-9-5-7(33(23,24)25)13(21)15(9)29-11(19)1-3-31-32-4-2-12(20)30-16-10(18)6-8(14(16)22)34(26,27)28;;/h7-8H,1-6H2,(H,23,24,25)(H,26,27,28);;/q;2*+1/p-2/i1D2,3D2;;. The van der Waals surface area contributed by atoms with Crippen molar-refractivity contribution in [2.75, 3.05) is 11.5 Å². The molecule has 2 rings (SSSR count). The van der Waals surface area contributed by atoms with Crippen molar-refractivity contribution in [2.24, 2.45) is 0 Å². The molecule has 0 aliphatic carbocycles. The molecule has 2 heterocycles. The fraction of sp³-hybridized carbons (Fsp3) is 0.571. The first kappa shape index (κ1) is 28.7. The average molecular weight is 613 g/mol. The van der Waals surface area contributed by atoms with E-state index in [9.17, 15) is 54.7 Å². The largest absolute Gasteiger partial charge is 1.00 e. The van der Waals surface area contributed by atoms with Crippen LogP contribution in [0.5, 0.6) is 0 Å². The first-order valence-electron chi connectivity index (χ1n) is 10.5. The minimum atomic E-state index is -5.31. The molecule has 0 N–H and O–H groups in total. The average Bonchev–Trinajstić information content (AvgIpc) is 3.21. The second-order valence-electron chi connectivity index (χ2n) is 6.15. The third kappa shape index (κ3) is 9.80. The zero-order valence-corrected chi connectivity index (χ0v) is 25.5. The molecular weight excluding hydrogens is 594 g/mol. The molecule has 4 amide bonds. The first-order chi connectivity index (χ1) is 17.1. The van der Waals surface area contributed by atoms with Gasteiger partial charge in [-0.25, -0.2) is 26.4 Å². The maximum Gasteiger partial charge on any atom is 1.00 e. The maximum absolute atomic E-state index is 12.2. The number of nitrogens with zero attached hydrogens (tertiary/aromatic N) is 2. The van der Waals surface area contributed by atoms with Gasteiger partial charge in [0.2, 0.25) is 0 Å². The van der Waals surface area contributed by atoms with E-state index in [0.29, 0.717) is 10.8 Å². The zero-order chi connectivity index (χ0) is 29.4. The van der Waals surface area contributed by atoms with E-state index in [4.69, 9.17) is 5.48 Å². The molecule has 2 atom stereocenters. The van der Waals surface area contributed by atoms with Crippen LogP contribution in [0.25, 0.3) is 0 Å². The van der Waals surface area contributed by atoms with E-state index in [0.717, 1.165) is 0 Å². The van der Waals surface area contributed by atoms with Crippen molar-refractivity contribution in [3.63, 3.8) is 0 Å². The van der Waals surface area contributed by atoms with Crippen LogP contribution in [-0.4, -0.2) is 93.6 Å². The summed E-state index contributed by atoms with van der Waals surface area (Å²) in [5, 5.41) is -5.31. The number of hydroxylamine groups is 4. The molecule has 2 fully saturated rings. The van der Waals surface area contributed by atoms with E-state index >= 15 is 0 Å². The predicted molar refractivity (Wildman–Crippen MR) is 106 cm³/mol. The summed E-state index contributed by atoms with van der Waals surface area (Å²) >= 11 is 0. The van der Waals surface area contributed by atoms with Crippen LogP contribution in [0.3, 0.4) is 0 Å². The van der Waals surface area contributed by atoms with Gasteiger partial charge in [-0.1, -0.05) is 21.6 Å². The number of carbonyl (C=O) groups is 6. The quantitative estimate of drug-likeness (QED) is 0.0691. The Labute approximate surface area is 261 Å². The SMILES string of the molecule is [2H]C([2H])(SSCCC(=O)ON1C(=O)CC(S(=O)(=O)[O-])C1=O)C([2H])([2H])C(=O)ON1C(=O)CC(S(=O)(=O)[O-])C1=O.[Na+].[Na+]. The van der Waals surface area contributed by atoms with Gasteiger partial charge in [-0.2, -0.15) is 0 Å². The van der Waals surface area contributed by atoms with Crippen molar-refractivity contribution in [2.45, 2.75) is 36.1 Å². The van der Waals surface area contributed by atoms with E-state index in [1.54, 1.807) is 0 Å². The number of rotatable bonds is 11. The molecule has 0 spiro atoms. The van der Waals surface area contributed by atoms with Gasteiger partial charge in [0.15, 0.2) is 0 Å². The van der Waals surface area contributed by atoms with Gasteiger partial charge in [0.05, 0.1) is 25.6 Å². The van der Waals surface area contributed by atoms with E-state index in [-0.39, 0.29) is 80.7 Å². The van der Waals surface area contributed by atoms with Crippen molar-refractivity contribution in [1.82, 2.24) is 10.1 Å². The van der Waals surface area contributed by atoms with Crippen LogP contribution in [0.15, 0.2) is 0 Å². The molecule has 16 nitrogen and oxygen atoms in total. The normalized spacial score (nSPS) is 22.6. The molecule has 0 radical (unpaired) electrons. The van der Waals surface area contributed by atoms with Crippen LogP contribution in [0.2, 0.25) is 0 Å². The van der Waals surface area contributed by atoms with Crippen LogP contribution in [0.1, 0.15) is 31.1 Å². The molecular formula is C14H14N2Na2O14S4. The molecule has 0 saturated carbocycles. The summed E-state index contributed by atoms with van der Waals surface area (Å²) in [5.41, 5.74) is -3.18. The predicted octanol–water partition coefficient (Wildman–Crippen LogP) is -8.58. The molecule has 2 aliphatic rings. The Kier molecular flexibility index (Phi) is 11.8.